The van der Waals surface area contributed by atoms with E-state index in [2.05, 4.69) is 10.1 Å². The van der Waals surface area contributed by atoms with Crippen molar-refractivity contribution in [1.82, 2.24) is 14.6 Å². The third-order valence-corrected chi connectivity index (χ3v) is 4.22. The number of ether oxygens (including phenoxy) is 1. The lowest BCUT2D eigenvalue weighted by molar-refractivity contribution is 0.0528. The number of benzene rings is 1. The lowest BCUT2D eigenvalue weighted by Crippen LogP contribution is -2.23. The van der Waals surface area contributed by atoms with Gasteiger partial charge in [-0.3, -0.25) is 9.89 Å². The Morgan fingerprint density at radius 2 is 2.00 bits per heavy atom. The Morgan fingerprint density at radius 3 is 2.64 bits per heavy atom. The summed E-state index contributed by atoms with van der Waals surface area (Å²) in [5.74, 6) is -0.499. The number of nitrogens with zero attached hydrogens (tertiary/aromatic N) is 2. The molecule has 2 heterocycles. The van der Waals surface area contributed by atoms with Crippen molar-refractivity contribution >= 4 is 23.2 Å². The van der Waals surface area contributed by atoms with Gasteiger partial charge in [0.05, 0.1) is 12.3 Å². The third-order valence-electron chi connectivity index (χ3n) is 3.97. The van der Waals surface area contributed by atoms with Crippen molar-refractivity contribution in [1.29, 1.82) is 0 Å². The van der Waals surface area contributed by atoms with Crippen LogP contribution in [-0.2, 0) is 17.6 Å². The molecular weight excluding hydrogens is 342 g/mol. The van der Waals surface area contributed by atoms with Gasteiger partial charge in [0, 0.05) is 23.2 Å². The van der Waals surface area contributed by atoms with Gasteiger partial charge < -0.3 is 4.74 Å². The maximum atomic E-state index is 12.9. The van der Waals surface area contributed by atoms with Crippen LogP contribution in [-0.4, -0.2) is 27.2 Å². The number of H-pyrrole nitrogens is 1. The predicted octanol–water partition coefficient (Wildman–Crippen LogP) is 3.01. The Bertz CT molecular complexity index is 974. The molecule has 2 aromatic heterocycles. The minimum atomic E-state index is -0.499. The van der Waals surface area contributed by atoms with Crippen molar-refractivity contribution in [2.45, 2.75) is 26.7 Å². The molecule has 3 rings (SSSR count). The Balaban J connectivity index is 2.10. The third kappa shape index (κ3) is 3.30. The molecule has 0 aliphatic carbocycles. The molecule has 0 saturated carbocycles. The molecule has 0 fully saturated rings. The summed E-state index contributed by atoms with van der Waals surface area (Å²) in [6.07, 6.45) is 2.48. The van der Waals surface area contributed by atoms with Crippen LogP contribution in [0.2, 0.25) is 5.02 Å². The molecule has 1 aromatic carbocycles. The van der Waals surface area contributed by atoms with Crippen molar-refractivity contribution in [3.8, 4) is 0 Å². The van der Waals surface area contributed by atoms with Crippen LogP contribution < -0.4 is 5.56 Å². The maximum Gasteiger partial charge on any atom is 0.343 e. The average molecular weight is 360 g/mol. The van der Waals surface area contributed by atoms with Gasteiger partial charge in [-0.05, 0) is 31.0 Å². The van der Waals surface area contributed by atoms with Gasteiger partial charge in [0.1, 0.15) is 5.56 Å². The Labute approximate surface area is 149 Å². The molecular formula is C18H18ClN3O3. The van der Waals surface area contributed by atoms with E-state index in [0.29, 0.717) is 34.8 Å². The predicted molar refractivity (Wildman–Crippen MR) is 95.4 cm³/mol. The zero-order chi connectivity index (χ0) is 18.0. The van der Waals surface area contributed by atoms with Crippen LogP contribution in [0, 0.1) is 0 Å². The minimum Gasteiger partial charge on any atom is -0.462 e. The fourth-order valence-electron chi connectivity index (χ4n) is 2.73. The SMILES string of the molecule is CCOC(=O)c1c[nH]n2c(=O)c(Cc3ccc(Cl)cc3)c(CC)nc12. The number of fused-ring (bicyclic) bond motifs is 1. The number of aromatic amines is 1. The Kier molecular flexibility index (Phi) is 4.90. The van der Waals surface area contributed by atoms with Crippen LogP contribution in [0.15, 0.2) is 35.3 Å². The van der Waals surface area contributed by atoms with E-state index in [4.69, 9.17) is 16.3 Å². The van der Waals surface area contributed by atoms with E-state index in [0.717, 1.165) is 5.56 Å². The second-order valence-corrected chi connectivity index (χ2v) is 6.00. The van der Waals surface area contributed by atoms with E-state index in [1.54, 1.807) is 19.1 Å². The summed E-state index contributed by atoms with van der Waals surface area (Å²) in [5.41, 5.74) is 2.57. The fourth-order valence-corrected chi connectivity index (χ4v) is 2.86. The number of aryl methyl sites for hydroxylation is 1. The molecule has 130 valence electrons. The first-order valence-corrected chi connectivity index (χ1v) is 8.46. The molecule has 0 radical (unpaired) electrons. The van der Waals surface area contributed by atoms with Gasteiger partial charge in [-0.2, -0.15) is 0 Å². The van der Waals surface area contributed by atoms with Crippen LogP contribution in [0.1, 0.15) is 41.0 Å². The Morgan fingerprint density at radius 1 is 1.28 bits per heavy atom. The number of aromatic nitrogens is 3. The number of nitrogens with one attached hydrogen (secondary N) is 1. The van der Waals surface area contributed by atoms with E-state index in [1.807, 2.05) is 19.1 Å². The van der Waals surface area contributed by atoms with Crippen LogP contribution in [0.5, 0.6) is 0 Å². The van der Waals surface area contributed by atoms with Crippen molar-refractivity contribution in [2.75, 3.05) is 6.61 Å². The van der Waals surface area contributed by atoms with Gasteiger partial charge in [0.15, 0.2) is 5.65 Å². The van der Waals surface area contributed by atoms with E-state index < -0.39 is 5.97 Å². The molecule has 0 aliphatic rings. The first kappa shape index (κ1) is 17.2. The number of hydrogen-bond donors (Lipinski definition) is 1. The maximum absolute atomic E-state index is 12.9. The number of hydrogen-bond acceptors (Lipinski definition) is 4. The standard InChI is InChI=1S/C18H18ClN3O3/c1-3-15-13(9-11-5-7-12(19)8-6-11)17(23)22-16(21-15)14(10-20-22)18(24)25-4-2/h5-8,10,20H,3-4,9H2,1-2H3. The summed E-state index contributed by atoms with van der Waals surface area (Å²) in [7, 11) is 0. The number of esters is 1. The number of rotatable bonds is 5. The highest BCUT2D eigenvalue weighted by atomic mass is 35.5. The monoisotopic (exact) mass is 359 g/mol. The molecule has 0 atom stereocenters. The van der Waals surface area contributed by atoms with E-state index in [-0.39, 0.29) is 17.7 Å². The van der Waals surface area contributed by atoms with Crippen LogP contribution in [0.3, 0.4) is 0 Å². The topological polar surface area (TPSA) is 76.5 Å². The second-order valence-electron chi connectivity index (χ2n) is 5.57. The summed E-state index contributed by atoms with van der Waals surface area (Å²) in [6, 6.07) is 7.35. The molecule has 0 unspecified atom stereocenters. The van der Waals surface area contributed by atoms with Crippen molar-refractivity contribution in [2.24, 2.45) is 0 Å². The highest BCUT2D eigenvalue weighted by Crippen LogP contribution is 2.16. The smallest absolute Gasteiger partial charge is 0.343 e. The minimum absolute atomic E-state index is 0.215. The van der Waals surface area contributed by atoms with Crippen molar-refractivity contribution in [3.63, 3.8) is 0 Å². The van der Waals surface area contributed by atoms with Crippen molar-refractivity contribution < 1.29 is 9.53 Å². The zero-order valence-electron chi connectivity index (χ0n) is 14.0. The molecule has 0 spiro atoms. The van der Waals surface area contributed by atoms with E-state index >= 15 is 0 Å². The van der Waals surface area contributed by atoms with Gasteiger partial charge in [-0.15, -0.1) is 0 Å². The average Bonchev–Trinajstić information content (AvgIpc) is 3.03. The molecule has 0 saturated heterocycles. The lowest BCUT2D eigenvalue weighted by atomic mass is 10.0. The fraction of sp³-hybridized carbons (Fsp3) is 0.278. The molecule has 25 heavy (non-hydrogen) atoms. The molecule has 7 heteroatoms. The zero-order valence-corrected chi connectivity index (χ0v) is 14.8. The van der Waals surface area contributed by atoms with Gasteiger partial charge in [0.2, 0.25) is 0 Å². The highest BCUT2D eigenvalue weighted by Gasteiger charge is 2.19. The molecule has 1 N–H and O–H groups in total. The number of carbonyl (C=O) groups is 1. The van der Waals surface area contributed by atoms with Crippen molar-refractivity contribution in [3.05, 3.63) is 68.2 Å². The number of carbonyl (C=O) groups excluding carboxylic acids is 1. The van der Waals surface area contributed by atoms with Crippen LogP contribution in [0.25, 0.3) is 5.65 Å². The van der Waals surface area contributed by atoms with Gasteiger partial charge in [-0.1, -0.05) is 30.7 Å². The molecule has 6 nitrogen and oxygen atoms in total. The first-order valence-electron chi connectivity index (χ1n) is 8.08. The lowest BCUT2D eigenvalue weighted by Gasteiger charge is -2.08. The summed E-state index contributed by atoms with van der Waals surface area (Å²) in [6.45, 7) is 3.92. The molecule has 0 aliphatic heterocycles. The first-order chi connectivity index (χ1) is 12.0. The van der Waals surface area contributed by atoms with Crippen LogP contribution >= 0.6 is 11.6 Å². The van der Waals surface area contributed by atoms with Crippen LogP contribution in [0.4, 0.5) is 0 Å². The molecule has 0 bridgehead atoms. The summed E-state index contributed by atoms with van der Waals surface area (Å²) in [4.78, 5) is 29.5. The summed E-state index contributed by atoms with van der Waals surface area (Å²) < 4.78 is 6.31. The highest BCUT2D eigenvalue weighted by molar-refractivity contribution is 6.30. The Hall–Kier alpha value is -2.60. The molecule has 3 aromatic rings. The second kappa shape index (κ2) is 7.11. The van der Waals surface area contributed by atoms with E-state index in [1.165, 1.54) is 10.7 Å². The van der Waals surface area contributed by atoms with Gasteiger partial charge in [-0.25, -0.2) is 14.3 Å². The van der Waals surface area contributed by atoms with Gasteiger partial charge in [0.25, 0.3) is 5.56 Å². The number of halogens is 1. The quantitative estimate of drug-likeness (QED) is 0.710. The van der Waals surface area contributed by atoms with Gasteiger partial charge >= 0.3 is 5.97 Å². The summed E-state index contributed by atoms with van der Waals surface area (Å²) >= 11 is 5.91. The normalized spacial score (nSPS) is 11.0. The summed E-state index contributed by atoms with van der Waals surface area (Å²) in [5, 5.41) is 3.45. The largest absolute Gasteiger partial charge is 0.462 e. The van der Waals surface area contributed by atoms with E-state index in [9.17, 15) is 9.59 Å². The molecule has 0 amide bonds.